The normalized spacial score (nSPS) is 13.7. The van der Waals surface area contributed by atoms with Crippen LogP contribution in [-0.2, 0) is 18.1 Å². The average molecular weight is 320 g/mol. The van der Waals surface area contributed by atoms with Crippen LogP contribution in [0.15, 0.2) is 0 Å². The van der Waals surface area contributed by atoms with E-state index in [2.05, 4.69) is 38.0 Å². The summed E-state index contributed by atoms with van der Waals surface area (Å²) in [6.07, 6.45) is 2.38. The highest BCUT2D eigenvalue weighted by molar-refractivity contribution is 7.48. The predicted molar refractivity (Wildman–Crippen MR) is 86.4 cm³/mol. The van der Waals surface area contributed by atoms with Gasteiger partial charge in [-0.2, -0.15) is 0 Å². The number of hydrogen-bond donors (Lipinski definition) is 0. The lowest BCUT2D eigenvalue weighted by Gasteiger charge is -2.20. The van der Waals surface area contributed by atoms with Crippen molar-refractivity contribution in [3.8, 4) is 11.5 Å². The molecule has 0 saturated carbocycles. The van der Waals surface area contributed by atoms with Crippen LogP contribution in [0.3, 0.4) is 0 Å². The molecule has 0 spiro atoms. The van der Waals surface area contributed by atoms with Crippen LogP contribution in [0.2, 0.25) is 19.6 Å². The molecule has 0 heterocycles. The molecule has 1 atom stereocenters. The maximum atomic E-state index is 12.4. The third-order valence-corrected chi connectivity index (χ3v) is 4.81. The smallest absolute Gasteiger partial charge is 0.287 e. The number of phosphoric acid groups is 1. The molecule has 0 aromatic carbocycles. The van der Waals surface area contributed by atoms with Crippen LogP contribution in [0, 0.1) is 11.5 Å². The third-order valence-electron chi connectivity index (χ3n) is 2.26. The topological polar surface area (TPSA) is 44.8 Å². The Kier molecular flexibility index (Phi) is 9.70. The summed E-state index contributed by atoms with van der Waals surface area (Å²) < 4.78 is 28.3. The lowest BCUT2D eigenvalue weighted by molar-refractivity contribution is 0.1000. The summed E-state index contributed by atoms with van der Waals surface area (Å²) in [4.78, 5) is 0. The van der Waals surface area contributed by atoms with E-state index < -0.39 is 15.9 Å². The highest BCUT2D eigenvalue weighted by atomic mass is 31.2. The van der Waals surface area contributed by atoms with Gasteiger partial charge in [0.15, 0.2) is 0 Å². The van der Waals surface area contributed by atoms with Crippen LogP contribution in [0.5, 0.6) is 0 Å². The summed E-state index contributed by atoms with van der Waals surface area (Å²) in [5.41, 5.74) is 3.27. The second-order valence-electron chi connectivity index (χ2n) is 5.54. The molecule has 0 unspecified atom stereocenters. The Labute approximate surface area is 125 Å². The van der Waals surface area contributed by atoms with E-state index in [1.54, 1.807) is 13.8 Å². The maximum Gasteiger partial charge on any atom is 0.475 e. The summed E-state index contributed by atoms with van der Waals surface area (Å²) in [5.74, 6) is 3.12. The van der Waals surface area contributed by atoms with Crippen LogP contribution in [0.25, 0.3) is 0 Å². The molecule has 0 amide bonds. The summed E-state index contributed by atoms with van der Waals surface area (Å²) in [6, 6.07) is 0. The summed E-state index contributed by atoms with van der Waals surface area (Å²) in [5, 5.41) is 0. The highest BCUT2D eigenvalue weighted by Crippen LogP contribution is 2.50. The Balaban J connectivity index is 4.91. The first-order valence-corrected chi connectivity index (χ1v) is 12.3. The Morgan fingerprint density at radius 2 is 1.65 bits per heavy atom. The Bertz CT molecular complexity index is 358. The largest absolute Gasteiger partial charge is 0.475 e. The molecule has 0 saturated heterocycles. The maximum absolute atomic E-state index is 12.4. The minimum Gasteiger partial charge on any atom is -0.287 e. The van der Waals surface area contributed by atoms with E-state index >= 15 is 0 Å². The molecule has 118 valence electrons. The molecule has 0 bridgehead atoms. The minimum atomic E-state index is -3.48. The van der Waals surface area contributed by atoms with Gasteiger partial charge in [-0.3, -0.25) is 13.6 Å². The van der Waals surface area contributed by atoms with Crippen molar-refractivity contribution >= 4 is 15.9 Å². The summed E-state index contributed by atoms with van der Waals surface area (Å²) in [6.45, 7) is 12.7. The first kappa shape index (κ1) is 19.9. The van der Waals surface area contributed by atoms with Gasteiger partial charge < -0.3 is 0 Å². The molecule has 0 aliphatic carbocycles. The van der Waals surface area contributed by atoms with Crippen LogP contribution >= 0.6 is 7.82 Å². The quantitative estimate of drug-likeness (QED) is 0.353. The molecule has 20 heavy (non-hydrogen) atoms. The van der Waals surface area contributed by atoms with Crippen molar-refractivity contribution < 1.29 is 18.1 Å². The first-order valence-electron chi connectivity index (χ1n) is 7.36. The zero-order valence-electron chi connectivity index (χ0n) is 13.7. The van der Waals surface area contributed by atoms with Crippen molar-refractivity contribution in [2.24, 2.45) is 0 Å². The van der Waals surface area contributed by atoms with E-state index in [4.69, 9.17) is 13.6 Å². The third kappa shape index (κ3) is 9.74. The van der Waals surface area contributed by atoms with Gasteiger partial charge in [0.05, 0.1) is 13.2 Å². The van der Waals surface area contributed by atoms with Crippen molar-refractivity contribution in [2.45, 2.75) is 65.8 Å². The second kappa shape index (κ2) is 9.76. The Hall–Kier alpha value is -0.113. The van der Waals surface area contributed by atoms with Crippen LogP contribution in [-0.4, -0.2) is 27.4 Å². The van der Waals surface area contributed by atoms with Gasteiger partial charge in [0.25, 0.3) is 0 Å². The molecule has 4 nitrogen and oxygen atoms in total. The molecule has 0 aromatic heterocycles. The lowest BCUT2D eigenvalue weighted by atomic mass is 10.2. The SMILES string of the molecule is CCCC[C@@H](C#C[Si](C)(C)C)OP(=O)(OCC)OCC. The zero-order chi connectivity index (χ0) is 15.6. The molecule has 6 heteroatoms. The van der Waals surface area contributed by atoms with Gasteiger partial charge in [0.1, 0.15) is 14.2 Å². The standard InChI is InChI=1S/C14H29O4PSi/c1-7-10-11-14(12-13-20(4,5)6)18-19(15,16-8-2)17-9-3/h14H,7-11H2,1-6H3/t14-/m0/s1. The van der Waals surface area contributed by atoms with Crippen molar-refractivity contribution in [2.75, 3.05) is 13.2 Å². The van der Waals surface area contributed by atoms with E-state index in [-0.39, 0.29) is 6.10 Å². The van der Waals surface area contributed by atoms with E-state index in [1.807, 2.05) is 0 Å². The van der Waals surface area contributed by atoms with Crippen LogP contribution < -0.4 is 0 Å². The van der Waals surface area contributed by atoms with Gasteiger partial charge in [-0.1, -0.05) is 45.3 Å². The molecule has 0 aromatic rings. The molecule has 0 fully saturated rings. The predicted octanol–water partition coefficient (Wildman–Crippen LogP) is 4.62. The molecule has 0 N–H and O–H groups in total. The summed E-state index contributed by atoms with van der Waals surface area (Å²) >= 11 is 0. The van der Waals surface area contributed by atoms with Gasteiger partial charge in [-0.25, -0.2) is 4.57 Å². The van der Waals surface area contributed by atoms with Gasteiger partial charge in [-0.05, 0) is 20.3 Å². The zero-order valence-corrected chi connectivity index (χ0v) is 15.6. The second-order valence-corrected chi connectivity index (χ2v) is 11.9. The average Bonchev–Trinajstić information content (AvgIpc) is 2.32. The van der Waals surface area contributed by atoms with E-state index in [9.17, 15) is 4.57 Å². The van der Waals surface area contributed by atoms with Gasteiger partial charge in [0, 0.05) is 0 Å². The Morgan fingerprint density at radius 3 is 2.05 bits per heavy atom. The molecule has 0 radical (unpaired) electrons. The molecular weight excluding hydrogens is 291 g/mol. The summed E-state index contributed by atoms with van der Waals surface area (Å²) in [7, 11) is -4.97. The number of unbranched alkanes of at least 4 members (excludes halogenated alkanes) is 1. The number of hydrogen-bond acceptors (Lipinski definition) is 4. The van der Waals surface area contributed by atoms with Crippen molar-refractivity contribution in [1.82, 2.24) is 0 Å². The van der Waals surface area contributed by atoms with E-state index in [0.717, 1.165) is 19.3 Å². The fraction of sp³-hybridized carbons (Fsp3) is 0.857. The lowest BCUT2D eigenvalue weighted by Crippen LogP contribution is -2.19. The van der Waals surface area contributed by atoms with Crippen molar-refractivity contribution in [3.63, 3.8) is 0 Å². The van der Waals surface area contributed by atoms with Crippen LogP contribution in [0.4, 0.5) is 0 Å². The molecule has 0 aliphatic heterocycles. The van der Waals surface area contributed by atoms with Crippen molar-refractivity contribution in [3.05, 3.63) is 0 Å². The fourth-order valence-electron chi connectivity index (χ4n) is 1.41. The molecule has 0 rings (SSSR count). The molecule has 0 aliphatic rings. The van der Waals surface area contributed by atoms with Gasteiger partial charge >= 0.3 is 7.82 Å². The fourth-order valence-corrected chi connectivity index (χ4v) is 3.30. The van der Waals surface area contributed by atoms with Gasteiger partial charge in [-0.15, -0.1) is 5.54 Å². The highest BCUT2D eigenvalue weighted by Gasteiger charge is 2.29. The van der Waals surface area contributed by atoms with Crippen molar-refractivity contribution in [1.29, 1.82) is 0 Å². The molecular formula is C14H29O4PSi. The monoisotopic (exact) mass is 320 g/mol. The van der Waals surface area contributed by atoms with Gasteiger partial charge in [0.2, 0.25) is 0 Å². The number of rotatable bonds is 9. The Morgan fingerprint density at radius 1 is 1.10 bits per heavy atom. The van der Waals surface area contributed by atoms with E-state index in [1.165, 1.54) is 0 Å². The van der Waals surface area contributed by atoms with E-state index in [0.29, 0.717) is 13.2 Å². The minimum absolute atomic E-state index is 0.291. The first-order chi connectivity index (χ1) is 9.26. The van der Waals surface area contributed by atoms with Crippen LogP contribution in [0.1, 0.15) is 40.0 Å². The number of phosphoric ester groups is 1.